The number of piperazine rings is 1. The second-order valence-corrected chi connectivity index (χ2v) is 9.41. The molecule has 196 valence electrons. The molecule has 6 rings (SSSR count). The van der Waals surface area contributed by atoms with Crippen molar-refractivity contribution in [2.24, 2.45) is 0 Å². The highest BCUT2D eigenvalue weighted by Gasteiger charge is 2.21. The second-order valence-electron chi connectivity index (χ2n) is 9.41. The van der Waals surface area contributed by atoms with Gasteiger partial charge in [-0.15, -0.1) is 0 Å². The van der Waals surface area contributed by atoms with Crippen molar-refractivity contribution in [3.05, 3.63) is 72.6 Å². The first-order valence-corrected chi connectivity index (χ1v) is 12.9. The molecule has 1 atom stereocenters. The van der Waals surface area contributed by atoms with E-state index in [-0.39, 0.29) is 6.10 Å². The van der Waals surface area contributed by atoms with Gasteiger partial charge < -0.3 is 25.2 Å². The lowest BCUT2D eigenvalue weighted by atomic mass is 10.1. The molecule has 12 heteroatoms. The molecule has 0 saturated carbocycles. The first kappa shape index (κ1) is 24.2. The Morgan fingerprint density at radius 3 is 2.45 bits per heavy atom. The number of ether oxygens (including phenoxy) is 1. The highest BCUT2D eigenvalue weighted by Crippen LogP contribution is 2.18. The summed E-state index contributed by atoms with van der Waals surface area (Å²) in [6, 6.07) is 10.4. The van der Waals surface area contributed by atoms with Crippen LogP contribution in [0.4, 0.5) is 23.5 Å². The zero-order valence-corrected chi connectivity index (χ0v) is 21.1. The fourth-order valence-corrected chi connectivity index (χ4v) is 4.64. The third kappa shape index (κ3) is 6.03. The van der Waals surface area contributed by atoms with Gasteiger partial charge in [0, 0.05) is 64.3 Å². The van der Waals surface area contributed by atoms with E-state index < -0.39 is 0 Å². The van der Waals surface area contributed by atoms with E-state index in [9.17, 15) is 0 Å². The van der Waals surface area contributed by atoms with Crippen LogP contribution in [0.3, 0.4) is 0 Å². The molecule has 2 N–H and O–H groups in total. The smallest absolute Gasteiger partial charge is 0.232 e. The van der Waals surface area contributed by atoms with E-state index in [1.807, 2.05) is 29.3 Å². The van der Waals surface area contributed by atoms with Crippen LogP contribution in [0.1, 0.15) is 11.1 Å². The van der Waals surface area contributed by atoms with Gasteiger partial charge in [0.05, 0.1) is 31.1 Å². The average Bonchev–Trinajstić information content (AvgIpc) is 3.41. The van der Waals surface area contributed by atoms with E-state index in [2.05, 4.69) is 74.7 Å². The number of rotatable bonds is 8. The Morgan fingerprint density at radius 1 is 0.895 bits per heavy atom. The van der Waals surface area contributed by atoms with Crippen molar-refractivity contribution in [3.63, 3.8) is 0 Å². The van der Waals surface area contributed by atoms with Crippen molar-refractivity contribution in [3.8, 4) is 0 Å². The van der Waals surface area contributed by atoms with Gasteiger partial charge >= 0.3 is 0 Å². The highest BCUT2D eigenvalue weighted by molar-refractivity contribution is 5.51. The molecule has 1 aromatic carbocycles. The third-order valence-electron chi connectivity index (χ3n) is 6.63. The van der Waals surface area contributed by atoms with Crippen LogP contribution in [0.15, 0.2) is 61.4 Å². The van der Waals surface area contributed by atoms with Gasteiger partial charge in [0.2, 0.25) is 17.8 Å². The summed E-state index contributed by atoms with van der Waals surface area (Å²) in [4.78, 5) is 26.9. The van der Waals surface area contributed by atoms with Crippen LogP contribution in [0.25, 0.3) is 0 Å². The molecule has 4 aromatic rings. The van der Waals surface area contributed by atoms with Crippen LogP contribution in [0, 0.1) is 0 Å². The van der Waals surface area contributed by atoms with Gasteiger partial charge in [-0.1, -0.05) is 30.3 Å². The maximum Gasteiger partial charge on any atom is 0.232 e. The lowest BCUT2D eigenvalue weighted by Gasteiger charge is -2.34. The summed E-state index contributed by atoms with van der Waals surface area (Å²) < 4.78 is 7.63. The molecule has 2 saturated heterocycles. The molecule has 3 aromatic heterocycles. The second kappa shape index (κ2) is 11.5. The molecule has 2 fully saturated rings. The van der Waals surface area contributed by atoms with E-state index in [1.54, 1.807) is 6.20 Å². The van der Waals surface area contributed by atoms with E-state index in [0.717, 1.165) is 69.5 Å². The molecule has 0 bridgehead atoms. The van der Waals surface area contributed by atoms with Crippen LogP contribution in [0.5, 0.6) is 0 Å². The maximum absolute atomic E-state index is 5.76. The average molecular weight is 514 g/mol. The van der Waals surface area contributed by atoms with Crippen molar-refractivity contribution in [2.45, 2.75) is 19.1 Å². The summed E-state index contributed by atoms with van der Waals surface area (Å²) in [6.45, 7) is 6.27. The zero-order valence-electron chi connectivity index (χ0n) is 21.1. The van der Waals surface area contributed by atoms with Gasteiger partial charge in [-0.3, -0.25) is 4.68 Å². The van der Waals surface area contributed by atoms with E-state index in [4.69, 9.17) is 4.74 Å². The number of hydrogen-bond donors (Lipinski definition) is 2. The minimum atomic E-state index is 0.122. The van der Waals surface area contributed by atoms with Crippen LogP contribution >= 0.6 is 0 Å². The molecule has 0 spiro atoms. The van der Waals surface area contributed by atoms with E-state index in [1.165, 1.54) is 11.9 Å². The molecule has 0 aliphatic carbocycles. The van der Waals surface area contributed by atoms with Gasteiger partial charge in [-0.05, 0) is 11.1 Å². The summed E-state index contributed by atoms with van der Waals surface area (Å²) >= 11 is 0. The quantitative estimate of drug-likeness (QED) is 0.356. The summed E-state index contributed by atoms with van der Waals surface area (Å²) in [5.41, 5.74) is 3.18. The summed E-state index contributed by atoms with van der Waals surface area (Å²) in [6.07, 6.45) is 10.0. The van der Waals surface area contributed by atoms with Crippen molar-refractivity contribution in [1.29, 1.82) is 0 Å². The van der Waals surface area contributed by atoms with Gasteiger partial charge in [-0.25, -0.2) is 19.9 Å². The fraction of sp³-hybridized carbons (Fsp3) is 0.385. The van der Waals surface area contributed by atoms with Crippen molar-refractivity contribution >= 4 is 23.5 Å². The maximum atomic E-state index is 5.76. The first-order chi connectivity index (χ1) is 18.8. The van der Waals surface area contributed by atoms with Crippen molar-refractivity contribution in [1.82, 2.24) is 40.0 Å². The molecule has 1 unspecified atom stereocenters. The monoisotopic (exact) mass is 513 g/mol. The number of nitrogens with one attached hydrogen (secondary N) is 2. The number of aromatic nitrogens is 7. The van der Waals surface area contributed by atoms with E-state index >= 15 is 0 Å². The Hall–Kier alpha value is -4.16. The Kier molecular flexibility index (Phi) is 7.31. The fourth-order valence-electron chi connectivity index (χ4n) is 4.64. The van der Waals surface area contributed by atoms with E-state index in [0.29, 0.717) is 18.4 Å². The topological polar surface area (TPSA) is 122 Å². The molecule has 12 nitrogen and oxygen atoms in total. The molecular weight excluding hydrogens is 482 g/mol. The molecule has 5 heterocycles. The Bertz CT molecular complexity index is 1300. The largest absolute Gasteiger partial charge is 0.374 e. The number of nitrogens with zero attached hydrogens (tertiary/aromatic N) is 9. The Morgan fingerprint density at radius 2 is 1.68 bits per heavy atom. The summed E-state index contributed by atoms with van der Waals surface area (Å²) in [7, 11) is 0. The number of benzene rings is 1. The third-order valence-corrected chi connectivity index (χ3v) is 6.63. The minimum Gasteiger partial charge on any atom is -0.374 e. The number of hydrogen-bond acceptors (Lipinski definition) is 11. The Balaban J connectivity index is 1.02. The molecule has 0 amide bonds. The van der Waals surface area contributed by atoms with Crippen LogP contribution in [-0.4, -0.2) is 86.7 Å². The Labute approximate surface area is 221 Å². The molecule has 38 heavy (non-hydrogen) atoms. The van der Waals surface area contributed by atoms with Gasteiger partial charge in [0.1, 0.15) is 6.33 Å². The lowest BCUT2D eigenvalue weighted by molar-refractivity contribution is 0.0161. The minimum absolute atomic E-state index is 0.122. The van der Waals surface area contributed by atoms with Crippen LogP contribution < -0.4 is 20.4 Å². The summed E-state index contributed by atoms with van der Waals surface area (Å²) in [5, 5.41) is 11.0. The predicted molar refractivity (Wildman–Crippen MR) is 144 cm³/mol. The number of morpholine rings is 1. The normalized spacial score (nSPS) is 17.9. The lowest BCUT2D eigenvalue weighted by Crippen LogP contribution is -2.47. The van der Waals surface area contributed by atoms with Crippen molar-refractivity contribution < 1.29 is 4.74 Å². The molecular formula is C26H31N11O. The first-order valence-electron chi connectivity index (χ1n) is 12.9. The predicted octanol–water partition coefficient (Wildman–Crippen LogP) is 1.51. The molecule has 0 radical (unpaired) electrons. The zero-order chi connectivity index (χ0) is 25.6. The summed E-state index contributed by atoms with van der Waals surface area (Å²) in [5.74, 6) is 1.89. The van der Waals surface area contributed by atoms with Gasteiger partial charge in [0.25, 0.3) is 0 Å². The van der Waals surface area contributed by atoms with Gasteiger partial charge in [0.15, 0.2) is 0 Å². The number of anilines is 4. The highest BCUT2D eigenvalue weighted by atomic mass is 16.5. The molecule has 2 aliphatic rings. The van der Waals surface area contributed by atoms with Gasteiger partial charge in [-0.2, -0.15) is 10.1 Å². The SMILES string of the molecule is c1ccc(Cc2cnc(N3CCN(c4ncnc(Nc5cnn(CC6CNCCO6)c5)n4)CC3)nc2)cc1. The van der Waals surface area contributed by atoms with Crippen LogP contribution in [0.2, 0.25) is 0 Å². The molecule has 2 aliphatic heterocycles. The standard InChI is InChI=1S/C26H31N11O/c1-2-4-20(5-3-1)12-21-13-28-25(29-14-21)35-7-9-36(10-8-35)26-31-19-30-24(34-26)33-22-15-32-37(17-22)18-23-16-27-6-11-38-23/h1-5,13-15,17,19,23,27H,6-12,16,18H2,(H,30,31,33,34). The van der Waals surface area contributed by atoms with Crippen LogP contribution in [-0.2, 0) is 17.7 Å². The van der Waals surface area contributed by atoms with Crippen molar-refractivity contribution in [2.75, 3.05) is 61.0 Å².